The molecule has 0 aliphatic carbocycles. The quantitative estimate of drug-likeness (QED) is 0.834. The maximum Gasteiger partial charge on any atom is 0.339 e. The minimum Gasteiger partial charge on any atom is -0.467 e. The van der Waals surface area contributed by atoms with Gasteiger partial charge in [0, 0.05) is 24.1 Å². The summed E-state index contributed by atoms with van der Waals surface area (Å²) in [5, 5.41) is 11.3. The molecule has 0 spiro atoms. The van der Waals surface area contributed by atoms with Crippen LogP contribution in [-0.4, -0.2) is 22.8 Å². The van der Waals surface area contributed by atoms with Crippen molar-refractivity contribution in [2.45, 2.75) is 6.10 Å². The van der Waals surface area contributed by atoms with Gasteiger partial charge in [0.15, 0.2) is 6.10 Å². The number of hydrogen-bond acceptors (Lipinski definition) is 3. The molecule has 2 aromatic rings. The van der Waals surface area contributed by atoms with Crippen LogP contribution in [0, 0.1) is 0 Å². The minimum absolute atomic E-state index is 0.488. The number of hydrogen-bond donors (Lipinski definition) is 1. The van der Waals surface area contributed by atoms with Crippen LogP contribution in [0.3, 0.4) is 0 Å². The summed E-state index contributed by atoms with van der Waals surface area (Å²) in [5.74, 6) is -0.676. The Hall–Kier alpha value is -1.52. The summed E-state index contributed by atoms with van der Waals surface area (Å²) in [6, 6.07) is 5.16. The highest BCUT2D eigenvalue weighted by Gasteiger charge is 2.18. The number of aromatic nitrogens is 1. The number of carbonyl (C=O) groups excluding carboxylic acids is 1. The third kappa shape index (κ3) is 2.01. The molecule has 0 saturated carbocycles. The summed E-state index contributed by atoms with van der Waals surface area (Å²) in [7, 11) is 3.09. The van der Waals surface area contributed by atoms with Gasteiger partial charge in [0.05, 0.1) is 12.1 Å². The Morgan fingerprint density at radius 3 is 2.88 bits per heavy atom. The summed E-state index contributed by atoms with van der Waals surface area (Å²) >= 11 is 6.02. The van der Waals surface area contributed by atoms with Gasteiger partial charge in [0.25, 0.3) is 0 Å². The molecular formula is C12H12ClNO3. The summed E-state index contributed by atoms with van der Waals surface area (Å²) in [6.45, 7) is 0. The molecule has 90 valence electrons. The van der Waals surface area contributed by atoms with Crippen molar-refractivity contribution in [2.24, 2.45) is 7.05 Å². The van der Waals surface area contributed by atoms with E-state index in [1.807, 2.05) is 11.6 Å². The normalized spacial score (nSPS) is 12.7. The van der Waals surface area contributed by atoms with Gasteiger partial charge in [-0.15, -0.1) is 0 Å². The fraction of sp³-hybridized carbons (Fsp3) is 0.250. The van der Waals surface area contributed by atoms with E-state index in [1.165, 1.54) is 7.11 Å². The molecule has 0 aliphatic rings. The minimum atomic E-state index is -1.27. The number of methoxy groups -OCH3 is 1. The fourth-order valence-corrected chi connectivity index (χ4v) is 2.08. The number of aliphatic hydroxyl groups is 1. The molecule has 0 aliphatic heterocycles. The van der Waals surface area contributed by atoms with Gasteiger partial charge in [-0.1, -0.05) is 23.7 Å². The van der Waals surface area contributed by atoms with Crippen LogP contribution in [0.25, 0.3) is 10.9 Å². The molecule has 0 saturated heterocycles. The van der Waals surface area contributed by atoms with Crippen molar-refractivity contribution in [3.63, 3.8) is 0 Å². The van der Waals surface area contributed by atoms with E-state index in [-0.39, 0.29) is 0 Å². The van der Waals surface area contributed by atoms with Gasteiger partial charge >= 0.3 is 5.97 Å². The van der Waals surface area contributed by atoms with Crippen LogP contribution in [-0.2, 0) is 16.6 Å². The highest BCUT2D eigenvalue weighted by Crippen LogP contribution is 2.27. The Morgan fingerprint density at radius 1 is 1.53 bits per heavy atom. The summed E-state index contributed by atoms with van der Waals surface area (Å²) in [6.07, 6.45) is 0.513. The number of rotatable bonds is 2. The average Bonchev–Trinajstić information content (AvgIpc) is 2.62. The molecule has 4 nitrogen and oxygen atoms in total. The van der Waals surface area contributed by atoms with Gasteiger partial charge in [-0.05, 0) is 11.6 Å². The molecule has 1 N–H and O–H groups in total. The number of fused-ring (bicyclic) bond motifs is 1. The molecule has 1 heterocycles. The molecular weight excluding hydrogens is 242 g/mol. The SMILES string of the molecule is COC(=O)C(O)c1ccc2c(Cl)cn(C)c2c1. The first-order valence-electron chi connectivity index (χ1n) is 5.05. The highest BCUT2D eigenvalue weighted by molar-refractivity contribution is 6.35. The molecule has 1 unspecified atom stereocenters. The smallest absolute Gasteiger partial charge is 0.339 e. The van der Waals surface area contributed by atoms with Crippen molar-refractivity contribution in [3.05, 3.63) is 35.0 Å². The van der Waals surface area contributed by atoms with E-state index in [1.54, 1.807) is 24.4 Å². The molecule has 17 heavy (non-hydrogen) atoms. The summed E-state index contributed by atoms with van der Waals surface area (Å²) < 4.78 is 6.33. The number of aliphatic hydroxyl groups excluding tert-OH is 1. The first-order valence-corrected chi connectivity index (χ1v) is 5.42. The highest BCUT2D eigenvalue weighted by atomic mass is 35.5. The number of halogens is 1. The van der Waals surface area contributed by atoms with Crippen molar-refractivity contribution in [3.8, 4) is 0 Å². The van der Waals surface area contributed by atoms with E-state index >= 15 is 0 Å². The zero-order valence-electron chi connectivity index (χ0n) is 9.48. The fourth-order valence-electron chi connectivity index (χ4n) is 1.77. The Kier molecular flexibility index (Phi) is 3.09. The van der Waals surface area contributed by atoms with Crippen LogP contribution in [0.2, 0.25) is 5.02 Å². The monoisotopic (exact) mass is 253 g/mol. The number of nitrogens with zero attached hydrogens (tertiary/aromatic N) is 1. The molecule has 1 atom stereocenters. The van der Waals surface area contributed by atoms with E-state index in [0.717, 1.165) is 10.9 Å². The van der Waals surface area contributed by atoms with E-state index in [0.29, 0.717) is 10.6 Å². The second-order valence-electron chi connectivity index (χ2n) is 3.79. The van der Waals surface area contributed by atoms with Crippen LogP contribution in [0.4, 0.5) is 0 Å². The van der Waals surface area contributed by atoms with Crippen LogP contribution in [0.1, 0.15) is 11.7 Å². The lowest BCUT2D eigenvalue weighted by molar-refractivity contribution is -0.150. The third-order valence-electron chi connectivity index (χ3n) is 2.71. The second-order valence-corrected chi connectivity index (χ2v) is 4.20. The van der Waals surface area contributed by atoms with E-state index < -0.39 is 12.1 Å². The van der Waals surface area contributed by atoms with E-state index in [9.17, 15) is 9.90 Å². The maximum absolute atomic E-state index is 11.2. The van der Waals surface area contributed by atoms with E-state index in [2.05, 4.69) is 4.74 Å². The standard InChI is InChI=1S/C12H12ClNO3/c1-14-6-9(13)8-4-3-7(5-10(8)14)11(15)12(16)17-2/h3-6,11,15H,1-2H3. The molecule has 1 aromatic carbocycles. The topological polar surface area (TPSA) is 51.5 Å². The van der Waals surface area contributed by atoms with Crippen molar-refractivity contribution < 1.29 is 14.6 Å². The number of esters is 1. The zero-order chi connectivity index (χ0) is 12.6. The predicted octanol–water partition coefficient (Wildman–Crippen LogP) is 2.04. The van der Waals surface area contributed by atoms with Gasteiger partial charge < -0.3 is 14.4 Å². The van der Waals surface area contributed by atoms with Gasteiger partial charge in [0.2, 0.25) is 0 Å². The Morgan fingerprint density at radius 2 is 2.24 bits per heavy atom. The molecule has 0 amide bonds. The zero-order valence-corrected chi connectivity index (χ0v) is 10.2. The second kappa shape index (κ2) is 4.39. The van der Waals surface area contributed by atoms with Gasteiger partial charge in [-0.3, -0.25) is 0 Å². The first kappa shape index (κ1) is 12.0. The first-order chi connectivity index (χ1) is 8.04. The van der Waals surface area contributed by atoms with Crippen LogP contribution < -0.4 is 0 Å². The molecule has 0 fully saturated rings. The number of ether oxygens (including phenoxy) is 1. The molecule has 5 heteroatoms. The lowest BCUT2D eigenvalue weighted by Gasteiger charge is -2.09. The number of carbonyl (C=O) groups is 1. The molecule has 0 bridgehead atoms. The van der Waals surface area contributed by atoms with Gasteiger partial charge in [0.1, 0.15) is 0 Å². The summed E-state index contributed by atoms with van der Waals surface area (Å²) in [5.41, 5.74) is 1.35. The summed E-state index contributed by atoms with van der Waals surface area (Å²) in [4.78, 5) is 11.2. The maximum atomic E-state index is 11.2. The van der Waals surface area contributed by atoms with Gasteiger partial charge in [-0.25, -0.2) is 4.79 Å². The van der Waals surface area contributed by atoms with Crippen molar-refractivity contribution in [1.29, 1.82) is 0 Å². The molecule has 2 rings (SSSR count). The van der Waals surface area contributed by atoms with E-state index in [4.69, 9.17) is 11.6 Å². The third-order valence-corrected chi connectivity index (χ3v) is 3.01. The Bertz CT molecular complexity index is 576. The van der Waals surface area contributed by atoms with Crippen LogP contribution >= 0.6 is 11.6 Å². The largest absolute Gasteiger partial charge is 0.467 e. The predicted molar refractivity (Wildman–Crippen MR) is 64.9 cm³/mol. The van der Waals surface area contributed by atoms with Crippen LogP contribution in [0.5, 0.6) is 0 Å². The Labute approximate surface area is 103 Å². The number of aryl methyl sites for hydroxylation is 1. The molecule has 0 radical (unpaired) electrons. The van der Waals surface area contributed by atoms with Crippen molar-refractivity contribution >= 4 is 28.5 Å². The molecule has 1 aromatic heterocycles. The lowest BCUT2D eigenvalue weighted by Crippen LogP contribution is -2.13. The Balaban J connectivity index is 2.51. The lowest BCUT2D eigenvalue weighted by atomic mass is 10.1. The average molecular weight is 254 g/mol. The van der Waals surface area contributed by atoms with Gasteiger partial charge in [-0.2, -0.15) is 0 Å². The number of benzene rings is 1. The van der Waals surface area contributed by atoms with Crippen LogP contribution in [0.15, 0.2) is 24.4 Å². The van der Waals surface area contributed by atoms with Crippen molar-refractivity contribution in [1.82, 2.24) is 4.57 Å². The van der Waals surface area contributed by atoms with Crippen molar-refractivity contribution in [2.75, 3.05) is 7.11 Å².